The summed E-state index contributed by atoms with van der Waals surface area (Å²) in [4.78, 5) is 25.0. The van der Waals surface area contributed by atoms with Gasteiger partial charge >= 0.3 is 0 Å². The topological polar surface area (TPSA) is 80.6 Å². The number of benzene rings is 2. The minimum Gasteiger partial charge on any atom is -0.484 e. The van der Waals surface area contributed by atoms with Crippen LogP contribution in [0.15, 0.2) is 83.5 Å². The minimum atomic E-state index is -0.718. The average Bonchev–Trinajstić information content (AvgIpc) is 3.25. The Morgan fingerprint density at radius 1 is 0.929 bits per heavy atom. The van der Waals surface area contributed by atoms with Crippen molar-refractivity contribution in [2.75, 3.05) is 6.61 Å². The Hall–Kier alpha value is -3.54. The minimum absolute atomic E-state index is 0.166. The van der Waals surface area contributed by atoms with Gasteiger partial charge < -0.3 is 19.8 Å². The van der Waals surface area contributed by atoms with Gasteiger partial charge in [0.2, 0.25) is 5.91 Å². The number of furan rings is 1. The first-order valence-corrected chi connectivity index (χ1v) is 9.02. The van der Waals surface area contributed by atoms with Crippen molar-refractivity contribution in [1.29, 1.82) is 0 Å². The SMILES string of the molecule is O=C(COc1ccccc1)N[C@@H](Cc1ccccc1)C(=O)NCc1ccco1. The molecule has 0 spiro atoms. The van der Waals surface area contributed by atoms with E-state index < -0.39 is 6.04 Å². The van der Waals surface area contributed by atoms with E-state index in [0.717, 1.165) is 5.56 Å². The number of nitrogens with one attached hydrogen (secondary N) is 2. The van der Waals surface area contributed by atoms with E-state index in [1.165, 1.54) is 0 Å². The van der Waals surface area contributed by atoms with Gasteiger partial charge in [0.05, 0.1) is 12.8 Å². The fraction of sp³-hybridized carbons (Fsp3) is 0.182. The zero-order valence-electron chi connectivity index (χ0n) is 15.3. The quantitative estimate of drug-likeness (QED) is 0.600. The Kier molecular flexibility index (Phi) is 6.84. The lowest BCUT2D eigenvalue weighted by molar-refractivity contribution is -0.130. The molecule has 0 radical (unpaired) electrons. The zero-order valence-corrected chi connectivity index (χ0v) is 15.3. The maximum Gasteiger partial charge on any atom is 0.258 e. The predicted octanol–water partition coefficient (Wildman–Crippen LogP) is 2.70. The summed E-state index contributed by atoms with van der Waals surface area (Å²) in [5.41, 5.74) is 0.949. The number of hydrogen-bond donors (Lipinski definition) is 2. The van der Waals surface area contributed by atoms with Gasteiger partial charge in [-0.2, -0.15) is 0 Å². The molecule has 1 atom stereocenters. The number of carbonyl (C=O) groups excluding carboxylic acids is 2. The van der Waals surface area contributed by atoms with Crippen LogP contribution in [-0.2, 0) is 22.6 Å². The fourth-order valence-corrected chi connectivity index (χ4v) is 2.67. The summed E-state index contributed by atoms with van der Waals surface area (Å²) in [5, 5.41) is 5.56. The molecule has 1 aromatic heterocycles. The van der Waals surface area contributed by atoms with Crippen LogP contribution in [0, 0.1) is 0 Å². The molecule has 0 saturated heterocycles. The highest BCUT2D eigenvalue weighted by atomic mass is 16.5. The molecule has 0 aliphatic carbocycles. The molecular formula is C22H22N2O4. The molecule has 0 saturated carbocycles. The van der Waals surface area contributed by atoms with Crippen molar-refractivity contribution in [2.24, 2.45) is 0 Å². The first-order valence-electron chi connectivity index (χ1n) is 9.02. The van der Waals surface area contributed by atoms with Crippen molar-refractivity contribution in [1.82, 2.24) is 10.6 Å². The van der Waals surface area contributed by atoms with Crippen molar-refractivity contribution in [2.45, 2.75) is 19.0 Å². The first kappa shape index (κ1) is 19.2. The van der Waals surface area contributed by atoms with Crippen LogP contribution in [0.1, 0.15) is 11.3 Å². The van der Waals surface area contributed by atoms with Gasteiger partial charge in [-0.15, -0.1) is 0 Å². The number of amides is 2. The highest BCUT2D eigenvalue weighted by Gasteiger charge is 2.21. The van der Waals surface area contributed by atoms with Crippen LogP contribution in [0.3, 0.4) is 0 Å². The monoisotopic (exact) mass is 378 g/mol. The molecule has 6 heteroatoms. The molecule has 0 unspecified atom stereocenters. The maximum atomic E-state index is 12.6. The third-order valence-electron chi connectivity index (χ3n) is 4.06. The molecule has 2 aromatic carbocycles. The summed E-state index contributed by atoms with van der Waals surface area (Å²) in [7, 11) is 0. The van der Waals surface area contributed by atoms with Gasteiger partial charge in [-0.05, 0) is 29.8 Å². The van der Waals surface area contributed by atoms with Crippen molar-refractivity contribution in [3.05, 3.63) is 90.4 Å². The predicted molar refractivity (Wildman–Crippen MR) is 105 cm³/mol. The fourth-order valence-electron chi connectivity index (χ4n) is 2.67. The number of rotatable bonds is 9. The number of ether oxygens (including phenoxy) is 1. The average molecular weight is 378 g/mol. The number of carbonyl (C=O) groups is 2. The normalized spacial score (nSPS) is 11.4. The number of para-hydroxylation sites is 1. The molecule has 28 heavy (non-hydrogen) atoms. The number of hydrogen-bond acceptors (Lipinski definition) is 4. The Labute approximate surface area is 163 Å². The van der Waals surface area contributed by atoms with Gasteiger partial charge in [0.15, 0.2) is 6.61 Å². The van der Waals surface area contributed by atoms with E-state index >= 15 is 0 Å². The second-order valence-corrected chi connectivity index (χ2v) is 6.21. The molecular weight excluding hydrogens is 356 g/mol. The second kappa shape index (κ2) is 9.97. The summed E-state index contributed by atoms with van der Waals surface area (Å²) >= 11 is 0. The van der Waals surface area contributed by atoms with Crippen LogP contribution >= 0.6 is 0 Å². The van der Waals surface area contributed by atoms with E-state index in [1.807, 2.05) is 48.5 Å². The molecule has 0 fully saturated rings. The Morgan fingerprint density at radius 2 is 1.64 bits per heavy atom. The van der Waals surface area contributed by atoms with Crippen LogP contribution in [0.5, 0.6) is 5.75 Å². The van der Waals surface area contributed by atoms with Crippen LogP contribution in [0.2, 0.25) is 0 Å². The van der Waals surface area contributed by atoms with E-state index in [4.69, 9.17) is 9.15 Å². The van der Waals surface area contributed by atoms with Gasteiger partial charge in [0.1, 0.15) is 17.6 Å². The van der Waals surface area contributed by atoms with E-state index in [0.29, 0.717) is 17.9 Å². The Morgan fingerprint density at radius 3 is 2.32 bits per heavy atom. The summed E-state index contributed by atoms with van der Waals surface area (Å²) in [6.07, 6.45) is 1.92. The first-order chi connectivity index (χ1) is 13.7. The smallest absolute Gasteiger partial charge is 0.258 e. The molecule has 0 aliphatic rings. The molecule has 0 aliphatic heterocycles. The molecule has 6 nitrogen and oxygen atoms in total. The third-order valence-corrected chi connectivity index (χ3v) is 4.06. The van der Waals surface area contributed by atoms with Gasteiger partial charge in [0.25, 0.3) is 5.91 Å². The highest BCUT2D eigenvalue weighted by molar-refractivity contribution is 5.88. The molecule has 2 N–H and O–H groups in total. The summed E-state index contributed by atoms with van der Waals surface area (Å²) in [6, 6.07) is 21.4. The molecule has 0 bridgehead atoms. The largest absolute Gasteiger partial charge is 0.484 e. The Bertz CT molecular complexity index is 864. The summed E-state index contributed by atoms with van der Waals surface area (Å²) in [5.74, 6) is 0.594. The maximum absolute atomic E-state index is 12.6. The van der Waals surface area contributed by atoms with Crippen molar-refractivity contribution >= 4 is 11.8 Å². The second-order valence-electron chi connectivity index (χ2n) is 6.21. The molecule has 1 heterocycles. The van der Waals surface area contributed by atoms with Crippen LogP contribution in [0.25, 0.3) is 0 Å². The summed E-state index contributed by atoms with van der Waals surface area (Å²) in [6.45, 7) is 0.0915. The molecule has 3 rings (SSSR count). The van der Waals surface area contributed by atoms with Crippen LogP contribution < -0.4 is 15.4 Å². The van der Waals surface area contributed by atoms with E-state index in [-0.39, 0.29) is 25.0 Å². The molecule has 144 valence electrons. The lowest BCUT2D eigenvalue weighted by Gasteiger charge is -2.18. The Balaban J connectivity index is 1.59. The third kappa shape index (κ3) is 6.02. The van der Waals surface area contributed by atoms with E-state index in [2.05, 4.69) is 10.6 Å². The van der Waals surface area contributed by atoms with E-state index in [9.17, 15) is 9.59 Å². The van der Waals surface area contributed by atoms with Crippen LogP contribution in [0.4, 0.5) is 0 Å². The lowest BCUT2D eigenvalue weighted by Crippen LogP contribution is -2.49. The van der Waals surface area contributed by atoms with Crippen molar-refractivity contribution < 1.29 is 18.7 Å². The summed E-state index contributed by atoms with van der Waals surface area (Å²) < 4.78 is 10.7. The zero-order chi connectivity index (χ0) is 19.6. The van der Waals surface area contributed by atoms with Gasteiger partial charge in [-0.3, -0.25) is 9.59 Å². The lowest BCUT2D eigenvalue weighted by atomic mass is 10.1. The molecule has 2 amide bonds. The van der Waals surface area contributed by atoms with Crippen LogP contribution in [-0.4, -0.2) is 24.5 Å². The molecule has 3 aromatic rings. The standard InChI is InChI=1S/C22H22N2O4/c25-21(16-28-18-10-5-2-6-11-18)24-20(14-17-8-3-1-4-9-17)22(26)23-15-19-12-7-13-27-19/h1-13,20H,14-16H2,(H,23,26)(H,24,25)/t20-/m0/s1. The van der Waals surface area contributed by atoms with Gasteiger partial charge in [-0.25, -0.2) is 0 Å². The van der Waals surface area contributed by atoms with Crippen molar-refractivity contribution in [3.63, 3.8) is 0 Å². The van der Waals surface area contributed by atoms with E-state index in [1.54, 1.807) is 30.5 Å². The van der Waals surface area contributed by atoms with Gasteiger partial charge in [0, 0.05) is 6.42 Å². The van der Waals surface area contributed by atoms with Gasteiger partial charge in [-0.1, -0.05) is 48.5 Å². The highest BCUT2D eigenvalue weighted by Crippen LogP contribution is 2.08. The van der Waals surface area contributed by atoms with Crippen molar-refractivity contribution in [3.8, 4) is 5.75 Å².